The second kappa shape index (κ2) is 57.8. The first kappa shape index (κ1) is 70.6. The van der Waals surface area contributed by atoms with Gasteiger partial charge in [-0.25, -0.2) is 0 Å². The SMILES string of the molecule is CCCCCCCCCCCCCCCCCCCCCCCCCCCCCCCCCCCCCCCCCCCCCCCCCC/C=C/CCCCCCCC1CC(=O)OCC(CO)(CO)COC1=O. The third-order valence-corrected chi connectivity index (χ3v) is 16.8. The van der Waals surface area contributed by atoms with Gasteiger partial charge >= 0.3 is 11.9 Å². The number of cyclic esters (lactones) is 2. The van der Waals surface area contributed by atoms with Gasteiger partial charge < -0.3 is 19.7 Å². The molecule has 6 heteroatoms. The van der Waals surface area contributed by atoms with Crippen LogP contribution in [-0.2, 0) is 19.1 Å². The fourth-order valence-corrected chi connectivity index (χ4v) is 11.3. The largest absolute Gasteiger partial charge is 0.465 e. The Labute approximate surface area is 462 Å². The van der Waals surface area contributed by atoms with Crippen molar-refractivity contribution in [3.05, 3.63) is 12.2 Å². The Bertz CT molecular complexity index is 1160. The fraction of sp³-hybridized carbons (Fsp3) is 0.941. The van der Waals surface area contributed by atoms with Gasteiger partial charge in [0.1, 0.15) is 13.2 Å². The molecule has 0 saturated carbocycles. The van der Waals surface area contributed by atoms with Crippen LogP contribution < -0.4 is 0 Å². The summed E-state index contributed by atoms with van der Waals surface area (Å²) in [6.45, 7) is 1.20. The van der Waals surface area contributed by atoms with E-state index in [1.807, 2.05) is 0 Å². The van der Waals surface area contributed by atoms with Gasteiger partial charge in [0, 0.05) is 0 Å². The quantitative estimate of drug-likeness (QED) is 0.0358. The molecular formula is C68H130O6. The number of hydrogen-bond acceptors (Lipinski definition) is 6. The average Bonchev–Trinajstić information content (AvgIpc) is 3.47. The average molecular weight is 1040 g/mol. The van der Waals surface area contributed by atoms with E-state index >= 15 is 0 Å². The summed E-state index contributed by atoms with van der Waals surface area (Å²) in [5, 5.41) is 19.2. The highest BCUT2D eigenvalue weighted by molar-refractivity contribution is 5.80. The summed E-state index contributed by atoms with van der Waals surface area (Å²) in [5.41, 5.74) is -1.13. The van der Waals surface area contributed by atoms with Gasteiger partial charge in [-0.3, -0.25) is 9.59 Å². The molecule has 0 amide bonds. The first-order chi connectivity index (χ1) is 36.6. The first-order valence-corrected chi connectivity index (χ1v) is 33.8. The van der Waals surface area contributed by atoms with Crippen molar-refractivity contribution in [1.82, 2.24) is 0 Å². The highest BCUT2D eigenvalue weighted by Gasteiger charge is 2.36. The Morgan fingerprint density at radius 1 is 0.351 bits per heavy atom. The lowest BCUT2D eigenvalue weighted by molar-refractivity contribution is -0.155. The molecule has 1 heterocycles. The normalized spacial score (nSPS) is 15.1. The summed E-state index contributed by atoms with van der Waals surface area (Å²) in [5.74, 6) is -1.42. The highest BCUT2D eigenvalue weighted by Crippen LogP contribution is 2.25. The molecule has 0 aromatic heterocycles. The second-order valence-electron chi connectivity index (χ2n) is 24.2. The van der Waals surface area contributed by atoms with Crippen LogP contribution in [0.25, 0.3) is 0 Å². The number of carbonyl (C=O) groups is 2. The number of esters is 2. The van der Waals surface area contributed by atoms with Crippen LogP contribution in [0.15, 0.2) is 12.2 Å². The topological polar surface area (TPSA) is 93.1 Å². The minimum absolute atomic E-state index is 0.00354. The zero-order valence-electron chi connectivity index (χ0n) is 49.9. The van der Waals surface area contributed by atoms with E-state index < -0.39 is 36.5 Å². The Kier molecular flexibility index (Phi) is 55.1. The van der Waals surface area contributed by atoms with Crippen molar-refractivity contribution >= 4 is 11.9 Å². The van der Waals surface area contributed by atoms with E-state index in [0.29, 0.717) is 6.42 Å². The summed E-state index contributed by atoms with van der Waals surface area (Å²) in [6, 6.07) is 0. The predicted octanol–water partition coefficient (Wildman–Crippen LogP) is 21.5. The van der Waals surface area contributed by atoms with Crippen molar-refractivity contribution in [2.75, 3.05) is 26.4 Å². The maximum Gasteiger partial charge on any atom is 0.309 e. The summed E-state index contributed by atoms with van der Waals surface area (Å²) < 4.78 is 10.6. The zero-order chi connectivity index (χ0) is 53.2. The van der Waals surface area contributed by atoms with Gasteiger partial charge in [-0.05, 0) is 32.1 Å². The molecule has 1 aliphatic rings. The van der Waals surface area contributed by atoms with Crippen LogP contribution in [0.1, 0.15) is 373 Å². The van der Waals surface area contributed by atoms with Crippen molar-refractivity contribution in [1.29, 1.82) is 0 Å². The number of hydrogen-bond donors (Lipinski definition) is 2. The molecule has 6 nitrogen and oxygen atoms in total. The molecule has 0 aliphatic carbocycles. The van der Waals surface area contributed by atoms with Crippen molar-refractivity contribution < 1.29 is 29.3 Å². The van der Waals surface area contributed by atoms with Gasteiger partial charge in [-0.1, -0.05) is 347 Å². The summed E-state index contributed by atoms with van der Waals surface area (Å²) in [4.78, 5) is 24.7. The number of carbonyl (C=O) groups excluding carboxylic acids is 2. The third-order valence-electron chi connectivity index (χ3n) is 16.8. The molecule has 0 radical (unpaired) electrons. The van der Waals surface area contributed by atoms with Crippen LogP contribution in [0.3, 0.4) is 0 Å². The second-order valence-corrected chi connectivity index (χ2v) is 24.2. The number of aliphatic hydroxyl groups excluding tert-OH is 2. The number of unbranched alkanes of at least 4 members (excludes halogenated alkanes) is 53. The molecule has 0 bridgehead atoms. The lowest BCUT2D eigenvalue weighted by Gasteiger charge is -2.27. The van der Waals surface area contributed by atoms with Crippen molar-refractivity contribution in [2.24, 2.45) is 11.3 Å². The van der Waals surface area contributed by atoms with Crippen LogP contribution in [0.4, 0.5) is 0 Å². The van der Waals surface area contributed by atoms with Crippen LogP contribution in [0, 0.1) is 11.3 Å². The first-order valence-electron chi connectivity index (χ1n) is 33.8. The molecule has 1 aliphatic heterocycles. The lowest BCUT2D eigenvalue weighted by atomic mass is 9.92. The van der Waals surface area contributed by atoms with Gasteiger partial charge in [-0.2, -0.15) is 0 Å². The van der Waals surface area contributed by atoms with E-state index in [1.54, 1.807) is 0 Å². The van der Waals surface area contributed by atoms with Gasteiger partial charge in [0.15, 0.2) is 0 Å². The van der Waals surface area contributed by atoms with E-state index in [2.05, 4.69) is 19.1 Å². The zero-order valence-corrected chi connectivity index (χ0v) is 49.9. The maximum absolute atomic E-state index is 12.5. The van der Waals surface area contributed by atoms with Crippen LogP contribution in [0.5, 0.6) is 0 Å². The highest BCUT2D eigenvalue weighted by atomic mass is 16.6. The Balaban J connectivity index is 1.67. The molecule has 2 N–H and O–H groups in total. The molecule has 0 aromatic rings. The molecule has 1 rings (SSSR count). The molecule has 438 valence electrons. The molecule has 1 fully saturated rings. The van der Waals surface area contributed by atoms with Crippen LogP contribution in [-0.4, -0.2) is 48.6 Å². The number of rotatable bonds is 59. The van der Waals surface area contributed by atoms with Crippen molar-refractivity contribution in [3.63, 3.8) is 0 Å². The van der Waals surface area contributed by atoms with E-state index in [0.717, 1.165) is 25.7 Å². The van der Waals surface area contributed by atoms with E-state index in [-0.39, 0.29) is 19.6 Å². The molecule has 0 spiro atoms. The number of ether oxygens (including phenoxy) is 2. The Hall–Kier alpha value is -1.40. The standard InChI is InChI=1S/C68H130O6/c1-2-3-4-5-6-7-8-9-10-11-12-13-14-15-16-17-18-19-20-21-22-23-24-25-26-27-28-29-30-31-32-33-34-35-36-37-38-39-40-41-42-43-44-45-46-47-48-49-50-51-52-53-54-55-56-57-58-59-65-60-66(71)73-63-68(61-69,62-70)64-74-67(65)72/h51-52,65,69-70H,2-50,53-64H2,1H3/b52-51+. The maximum atomic E-state index is 12.5. The molecule has 1 atom stereocenters. The molecule has 1 unspecified atom stereocenters. The minimum atomic E-state index is -1.13. The summed E-state index contributed by atoms with van der Waals surface area (Å²) >= 11 is 0. The van der Waals surface area contributed by atoms with Crippen molar-refractivity contribution in [2.45, 2.75) is 373 Å². The molecule has 0 aromatic carbocycles. The molecule has 1 saturated heterocycles. The van der Waals surface area contributed by atoms with Crippen LogP contribution in [0.2, 0.25) is 0 Å². The van der Waals surface area contributed by atoms with Crippen molar-refractivity contribution in [3.8, 4) is 0 Å². The van der Waals surface area contributed by atoms with Gasteiger partial charge in [0.05, 0.1) is 31.0 Å². The van der Waals surface area contributed by atoms with Gasteiger partial charge in [-0.15, -0.1) is 0 Å². The van der Waals surface area contributed by atoms with Gasteiger partial charge in [0.2, 0.25) is 0 Å². The van der Waals surface area contributed by atoms with E-state index in [1.165, 1.54) is 327 Å². The third kappa shape index (κ3) is 48.9. The lowest BCUT2D eigenvalue weighted by Crippen LogP contribution is -2.40. The minimum Gasteiger partial charge on any atom is -0.465 e. The smallest absolute Gasteiger partial charge is 0.309 e. The summed E-state index contributed by atoms with van der Waals surface area (Å²) in [6.07, 6.45) is 83.2. The van der Waals surface area contributed by atoms with Crippen LogP contribution >= 0.6 is 0 Å². The molecule has 74 heavy (non-hydrogen) atoms. The Morgan fingerprint density at radius 2 is 0.581 bits per heavy atom. The summed E-state index contributed by atoms with van der Waals surface area (Å²) in [7, 11) is 0. The van der Waals surface area contributed by atoms with Gasteiger partial charge in [0.25, 0.3) is 0 Å². The fourth-order valence-electron chi connectivity index (χ4n) is 11.3. The molecular weight excluding hydrogens is 913 g/mol. The number of allylic oxidation sites excluding steroid dienone is 2. The van der Waals surface area contributed by atoms with E-state index in [4.69, 9.17) is 9.47 Å². The Morgan fingerprint density at radius 3 is 0.838 bits per heavy atom. The van der Waals surface area contributed by atoms with E-state index in [9.17, 15) is 19.8 Å². The number of aliphatic hydroxyl groups is 2. The predicted molar refractivity (Wildman–Crippen MR) is 320 cm³/mol. The monoisotopic (exact) mass is 1040 g/mol.